The summed E-state index contributed by atoms with van der Waals surface area (Å²) in [5.74, 6) is 0.147. The van der Waals surface area contributed by atoms with Gasteiger partial charge in [0.2, 0.25) is 0 Å². The fraction of sp³-hybridized carbons (Fsp3) is 0.562. The minimum Gasteiger partial charge on any atom is -0.507 e. The molecular formula is C16H23NO3. The van der Waals surface area contributed by atoms with Gasteiger partial charge in [-0.1, -0.05) is 12.5 Å². The number of benzene rings is 1. The van der Waals surface area contributed by atoms with Crippen LogP contribution in [0.15, 0.2) is 12.1 Å². The summed E-state index contributed by atoms with van der Waals surface area (Å²) < 4.78 is 0. The van der Waals surface area contributed by atoms with Crippen molar-refractivity contribution in [3.8, 4) is 5.75 Å². The monoisotopic (exact) mass is 277 g/mol. The van der Waals surface area contributed by atoms with Gasteiger partial charge in [0.15, 0.2) is 0 Å². The van der Waals surface area contributed by atoms with E-state index in [4.69, 9.17) is 0 Å². The lowest BCUT2D eigenvalue weighted by Gasteiger charge is -2.26. The van der Waals surface area contributed by atoms with E-state index in [-0.39, 0.29) is 17.8 Å². The summed E-state index contributed by atoms with van der Waals surface area (Å²) in [5.41, 5.74) is 2.03. The Hall–Kier alpha value is -1.55. The number of hydrogen-bond acceptors (Lipinski definition) is 3. The first-order chi connectivity index (χ1) is 9.49. The van der Waals surface area contributed by atoms with Crippen molar-refractivity contribution in [2.24, 2.45) is 5.92 Å². The Bertz CT molecular complexity index is 499. The molecule has 1 aliphatic rings. The molecule has 1 aliphatic carbocycles. The van der Waals surface area contributed by atoms with Gasteiger partial charge in [-0.2, -0.15) is 0 Å². The smallest absolute Gasteiger partial charge is 0.255 e. The van der Waals surface area contributed by atoms with Crippen LogP contribution in [0, 0.1) is 19.8 Å². The third kappa shape index (κ3) is 3.31. The maximum Gasteiger partial charge on any atom is 0.255 e. The fourth-order valence-electron chi connectivity index (χ4n) is 2.76. The molecule has 1 aromatic carbocycles. The number of aromatic hydroxyl groups is 1. The van der Waals surface area contributed by atoms with Gasteiger partial charge in [0.05, 0.1) is 11.7 Å². The first kappa shape index (κ1) is 14.9. The summed E-state index contributed by atoms with van der Waals surface area (Å²) >= 11 is 0. The van der Waals surface area contributed by atoms with Gasteiger partial charge in [-0.05, 0) is 56.2 Å². The minimum atomic E-state index is -0.245. The minimum absolute atomic E-state index is 0.0613. The van der Waals surface area contributed by atoms with Gasteiger partial charge in [0, 0.05) is 6.54 Å². The summed E-state index contributed by atoms with van der Waals surface area (Å²) in [5, 5.41) is 22.5. The lowest BCUT2D eigenvalue weighted by molar-refractivity contribution is 0.0871. The van der Waals surface area contributed by atoms with E-state index in [1.807, 2.05) is 13.0 Å². The number of carbonyl (C=O) groups is 1. The van der Waals surface area contributed by atoms with Crippen LogP contribution in [0.2, 0.25) is 0 Å². The molecule has 4 nitrogen and oxygen atoms in total. The number of hydrogen-bond donors (Lipinski definition) is 3. The molecular weight excluding hydrogens is 254 g/mol. The molecule has 0 spiro atoms. The molecule has 0 aliphatic heterocycles. The average molecular weight is 277 g/mol. The van der Waals surface area contributed by atoms with Crippen LogP contribution >= 0.6 is 0 Å². The van der Waals surface area contributed by atoms with Crippen LogP contribution in [0.3, 0.4) is 0 Å². The predicted octanol–water partition coefficient (Wildman–Crippen LogP) is 2.29. The highest BCUT2D eigenvalue weighted by Gasteiger charge is 2.21. The summed E-state index contributed by atoms with van der Waals surface area (Å²) in [7, 11) is 0. The Morgan fingerprint density at radius 1 is 1.35 bits per heavy atom. The van der Waals surface area contributed by atoms with Crippen LogP contribution in [-0.2, 0) is 0 Å². The highest BCUT2D eigenvalue weighted by atomic mass is 16.3. The van der Waals surface area contributed by atoms with Crippen LogP contribution in [0.25, 0.3) is 0 Å². The molecule has 1 saturated carbocycles. The quantitative estimate of drug-likeness (QED) is 0.794. The lowest BCUT2D eigenvalue weighted by atomic mass is 9.87. The van der Waals surface area contributed by atoms with Crippen molar-refractivity contribution in [1.82, 2.24) is 5.32 Å². The van der Waals surface area contributed by atoms with Crippen molar-refractivity contribution in [1.29, 1.82) is 0 Å². The topological polar surface area (TPSA) is 69.6 Å². The molecule has 0 saturated heterocycles. The number of aryl methyl sites for hydroxylation is 1. The molecule has 0 radical (unpaired) electrons. The lowest BCUT2D eigenvalue weighted by Crippen LogP contribution is -2.33. The molecule has 4 heteroatoms. The summed E-state index contributed by atoms with van der Waals surface area (Å²) in [4.78, 5) is 12.1. The second kappa shape index (κ2) is 6.27. The Morgan fingerprint density at radius 2 is 2.10 bits per heavy atom. The van der Waals surface area contributed by atoms with E-state index in [0.717, 1.165) is 36.8 Å². The van der Waals surface area contributed by atoms with E-state index < -0.39 is 0 Å². The third-order valence-electron chi connectivity index (χ3n) is 4.25. The van der Waals surface area contributed by atoms with Gasteiger partial charge in [0.25, 0.3) is 5.91 Å². The van der Waals surface area contributed by atoms with Gasteiger partial charge in [0.1, 0.15) is 5.75 Å². The third-order valence-corrected chi connectivity index (χ3v) is 4.25. The van der Waals surface area contributed by atoms with Crippen molar-refractivity contribution < 1.29 is 15.0 Å². The number of carbonyl (C=O) groups excluding carboxylic acids is 1. The van der Waals surface area contributed by atoms with E-state index in [9.17, 15) is 15.0 Å². The van der Waals surface area contributed by atoms with E-state index in [1.54, 1.807) is 13.0 Å². The van der Waals surface area contributed by atoms with Gasteiger partial charge in [-0.3, -0.25) is 4.79 Å². The van der Waals surface area contributed by atoms with E-state index in [2.05, 4.69) is 5.32 Å². The van der Waals surface area contributed by atoms with Crippen LogP contribution in [0.1, 0.15) is 47.2 Å². The van der Waals surface area contributed by atoms with Crippen LogP contribution in [0.4, 0.5) is 0 Å². The van der Waals surface area contributed by atoms with Gasteiger partial charge >= 0.3 is 0 Å². The van der Waals surface area contributed by atoms with Crippen molar-refractivity contribution in [2.75, 3.05) is 6.54 Å². The number of aliphatic hydroxyl groups is 1. The summed E-state index contributed by atoms with van der Waals surface area (Å²) in [6.07, 6.45) is 3.43. The van der Waals surface area contributed by atoms with Crippen molar-refractivity contribution >= 4 is 5.91 Å². The summed E-state index contributed by atoms with van der Waals surface area (Å²) in [6, 6.07) is 3.50. The van der Waals surface area contributed by atoms with Gasteiger partial charge in [-0.15, -0.1) is 0 Å². The normalized spacial score (nSPS) is 22.6. The average Bonchev–Trinajstić information content (AvgIpc) is 2.42. The highest BCUT2D eigenvalue weighted by molar-refractivity contribution is 5.97. The predicted molar refractivity (Wildman–Crippen MR) is 77.9 cm³/mol. The Balaban J connectivity index is 1.97. The Labute approximate surface area is 119 Å². The SMILES string of the molecule is Cc1ccc(C(=O)NCC2CCCC(O)C2)c(O)c1C. The second-order valence-corrected chi connectivity index (χ2v) is 5.80. The molecule has 0 heterocycles. The zero-order valence-corrected chi connectivity index (χ0v) is 12.1. The first-order valence-corrected chi connectivity index (χ1v) is 7.24. The fourth-order valence-corrected chi connectivity index (χ4v) is 2.76. The molecule has 110 valence electrons. The van der Waals surface area contributed by atoms with Crippen molar-refractivity contribution in [3.05, 3.63) is 28.8 Å². The van der Waals surface area contributed by atoms with E-state index >= 15 is 0 Å². The number of nitrogens with one attached hydrogen (secondary N) is 1. The Morgan fingerprint density at radius 3 is 2.80 bits per heavy atom. The highest BCUT2D eigenvalue weighted by Crippen LogP contribution is 2.26. The molecule has 3 N–H and O–H groups in total. The number of rotatable bonds is 3. The number of amides is 1. The number of phenolic OH excluding ortho intramolecular Hbond substituents is 1. The molecule has 1 fully saturated rings. The molecule has 0 bridgehead atoms. The second-order valence-electron chi connectivity index (χ2n) is 5.80. The van der Waals surface area contributed by atoms with E-state index in [0.29, 0.717) is 18.0 Å². The first-order valence-electron chi connectivity index (χ1n) is 7.24. The van der Waals surface area contributed by atoms with E-state index in [1.165, 1.54) is 0 Å². The zero-order chi connectivity index (χ0) is 14.7. The standard InChI is InChI=1S/C16H23NO3/c1-10-6-7-14(15(19)11(10)2)16(20)17-9-12-4-3-5-13(18)8-12/h6-7,12-13,18-19H,3-5,8-9H2,1-2H3,(H,17,20). The van der Waals surface area contributed by atoms with Crippen molar-refractivity contribution in [3.63, 3.8) is 0 Å². The van der Waals surface area contributed by atoms with Crippen LogP contribution in [-0.4, -0.2) is 28.8 Å². The number of aliphatic hydroxyl groups excluding tert-OH is 1. The molecule has 1 amide bonds. The molecule has 2 rings (SSSR count). The maximum absolute atomic E-state index is 12.1. The molecule has 20 heavy (non-hydrogen) atoms. The van der Waals surface area contributed by atoms with Crippen LogP contribution in [0.5, 0.6) is 5.75 Å². The number of phenols is 1. The molecule has 2 unspecified atom stereocenters. The summed E-state index contributed by atoms with van der Waals surface area (Å²) in [6.45, 7) is 4.27. The zero-order valence-electron chi connectivity index (χ0n) is 12.1. The van der Waals surface area contributed by atoms with Crippen LogP contribution < -0.4 is 5.32 Å². The van der Waals surface area contributed by atoms with Gasteiger partial charge < -0.3 is 15.5 Å². The molecule has 2 atom stereocenters. The molecule has 1 aromatic rings. The van der Waals surface area contributed by atoms with Gasteiger partial charge in [-0.25, -0.2) is 0 Å². The largest absolute Gasteiger partial charge is 0.507 e. The molecule has 0 aromatic heterocycles. The maximum atomic E-state index is 12.1. The Kier molecular flexibility index (Phi) is 4.65. The van der Waals surface area contributed by atoms with Crippen molar-refractivity contribution in [2.45, 2.75) is 45.6 Å².